The molecule has 0 saturated carbocycles. The smallest absolute Gasteiger partial charge is 0.249 e. The predicted molar refractivity (Wildman–Crippen MR) is 91.8 cm³/mol. The normalized spacial score (nSPS) is 23.3. The SMILES string of the molecule is CC(C)(C)c1ccc2c(c1)N(C1CCC(=O)NC1=O)C(=O)C2(C)C. The minimum absolute atomic E-state index is 0.0543. The number of nitrogens with zero attached hydrogens (tertiary/aromatic N) is 1. The fourth-order valence-electron chi connectivity index (χ4n) is 3.49. The standard InChI is InChI=1S/C19H24N2O3/c1-18(2,3)11-6-7-12-14(10-11)21(17(24)19(12,4)5)13-8-9-15(22)20-16(13)23/h6-7,10,13H,8-9H2,1-5H3,(H,20,22,23). The number of imide groups is 1. The van der Waals surface area contributed by atoms with Crippen LogP contribution in [0, 0.1) is 0 Å². The minimum atomic E-state index is -0.673. The third-order valence-corrected chi connectivity index (χ3v) is 5.07. The van der Waals surface area contributed by atoms with E-state index in [1.54, 1.807) is 4.90 Å². The van der Waals surface area contributed by atoms with E-state index in [1.165, 1.54) is 0 Å². The number of piperidine rings is 1. The number of rotatable bonds is 1. The third-order valence-electron chi connectivity index (χ3n) is 5.07. The molecule has 1 atom stereocenters. The third kappa shape index (κ3) is 2.43. The Hall–Kier alpha value is -2.17. The number of carbonyl (C=O) groups excluding carboxylic acids is 3. The van der Waals surface area contributed by atoms with Gasteiger partial charge in [-0.2, -0.15) is 0 Å². The van der Waals surface area contributed by atoms with Gasteiger partial charge < -0.3 is 0 Å². The molecule has 3 amide bonds. The Balaban J connectivity index is 2.11. The molecule has 1 aromatic carbocycles. The molecule has 5 heteroatoms. The summed E-state index contributed by atoms with van der Waals surface area (Å²) in [5, 5.41) is 2.36. The molecule has 2 aliphatic heterocycles. The van der Waals surface area contributed by atoms with E-state index in [0.29, 0.717) is 6.42 Å². The summed E-state index contributed by atoms with van der Waals surface area (Å²) in [4.78, 5) is 38.4. The Kier molecular flexibility index (Phi) is 3.59. The van der Waals surface area contributed by atoms with Crippen LogP contribution < -0.4 is 10.2 Å². The van der Waals surface area contributed by atoms with E-state index in [9.17, 15) is 14.4 Å². The molecule has 2 aliphatic rings. The number of hydrogen-bond acceptors (Lipinski definition) is 3. The molecule has 0 aromatic heterocycles. The van der Waals surface area contributed by atoms with Gasteiger partial charge in [-0.15, -0.1) is 0 Å². The lowest BCUT2D eigenvalue weighted by atomic mass is 9.82. The van der Waals surface area contributed by atoms with Gasteiger partial charge in [-0.1, -0.05) is 32.9 Å². The lowest BCUT2D eigenvalue weighted by molar-refractivity contribution is -0.136. The van der Waals surface area contributed by atoms with E-state index in [-0.39, 0.29) is 29.6 Å². The fraction of sp³-hybridized carbons (Fsp3) is 0.526. The van der Waals surface area contributed by atoms with E-state index in [1.807, 2.05) is 26.0 Å². The van der Waals surface area contributed by atoms with Crippen LogP contribution in [0.2, 0.25) is 0 Å². The van der Waals surface area contributed by atoms with E-state index in [0.717, 1.165) is 16.8 Å². The van der Waals surface area contributed by atoms with Crippen molar-refractivity contribution in [3.05, 3.63) is 29.3 Å². The molecule has 1 aromatic rings. The second-order valence-electron chi connectivity index (χ2n) is 8.25. The molecule has 24 heavy (non-hydrogen) atoms. The van der Waals surface area contributed by atoms with Crippen molar-refractivity contribution in [3.63, 3.8) is 0 Å². The fourth-order valence-corrected chi connectivity index (χ4v) is 3.49. The number of carbonyl (C=O) groups is 3. The summed E-state index contributed by atoms with van der Waals surface area (Å²) >= 11 is 0. The van der Waals surface area contributed by atoms with Crippen molar-refractivity contribution in [1.29, 1.82) is 0 Å². The van der Waals surface area contributed by atoms with E-state index < -0.39 is 11.5 Å². The molecule has 0 radical (unpaired) electrons. The van der Waals surface area contributed by atoms with Crippen molar-refractivity contribution < 1.29 is 14.4 Å². The minimum Gasteiger partial charge on any atom is -0.299 e. The molecule has 0 aliphatic carbocycles. The molecule has 1 saturated heterocycles. The largest absolute Gasteiger partial charge is 0.299 e. The molecule has 0 spiro atoms. The maximum Gasteiger partial charge on any atom is 0.249 e. The van der Waals surface area contributed by atoms with Gasteiger partial charge in [0.15, 0.2) is 0 Å². The predicted octanol–water partition coefficient (Wildman–Crippen LogP) is 2.41. The Labute approximate surface area is 142 Å². The number of amides is 3. The van der Waals surface area contributed by atoms with E-state index >= 15 is 0 Å². The maximum atomic E-state index is 13.0. The van der Waals surface area contributed by atoms with Crippen LogP contribution in [0.15, 0.2) is 18.2 Å². The average Bonchev–Trinajstić information content (AvgIpc) is 2.66. The topological polar surface area (TPSA) is 66.5 Å². The van der Waals surface area contributed by atoms with Gasteiger partial charge in [-0.25, -0.2) is 0 Å². The Morgan fingerprint density at radius 2 is 1.83 bits per heavy atom. The van der Waals surface area contributed by atoms with Gasteiger partial charge >= 0.3 is 0 Å². The summed E-state index contributed by atoms with van der Waals surface area (Å²) in [6, 6.07) is 5.46. The van der Waals surface area contributed by atoms with Crippen molar-refractivity contribution >= 4 is 23.4 Å². The number of nitrogens with one attached hydrogen (secondary N) is 1. The van der Waals surface area contributed by atoms with Gasteiger partial charge in [0.25, 0.3) is 0 Å². The summed E-state index contributed by atoms with van der Waals surface area (Å²) < 4.78 is 0. The van der Waals surface area contributed by atoms with Crippen LogP contribution in [0.3, 0.4) is 0 Å². The Morgan fingerprint density at radius 3 is 2.42 bits per heavy atom. The highest BCUT2D eigenvalue weighted by atomic mass is 16.2. The summed E-state index contributed by atoms with van der Waals surface area (Å²) in [6.07, 6.45) is 0.626. The van der Waals surface area contributed by atoms with Crippen LogP contribution >= 0.6 is 0 Å². The first-order valence-electron chi connectivity index (χ1n) is 8.36. The number of fused-ring (bicyclic) bond motifs is 1. The average molecular weight is 328 g/mol. The van der Waals surface area contributed by atoms with Gasteiger partial charge in [0.2, 0.25) is 17.7 Å². The number of hydrogen-bond donors (Lipinski definition) is 1. The van der Waals surface area contributed by atoms with Gasteiger partial charge in [0.05, 0.1) is 5.41 Å². The first-order valence-corrected chi connectivity index (χ1v) is 8.36. The van der Waals surface area contributed by atoms with Crippen molar-refractivity contribution in [2.75, 3.05) is 4.90 Å². The highest BCUT2D eigenvalue weighted by Gasteiger charge is 2.49. The second-order valence-corrected chi connectivity index (χ2v) is 8.25. The molecule has 1 N–H and O–H groups in total. The lowest BCUT2D eigenvalue weighted by Crippen LogP contribution is -2.55. The number of anilines is 1. The molecule has 2 heterocycles. The van der Waals surface area contributed by atoms with Crippen LogP contribution in [0.25, 0.3) is 0 Å². The van der Waals surface area contributed by atoms with Crippen molar-refractivity contribution in [2.45, 2.75) is 64.3 Å². The molecule has 128 valence electrons. The zero-order valence-electron chi connectivity index (χ0n) is 14.9. The van der Waals surface area contributed by atoms with Crippen LogP contribution in [0.4, 0.5) is 5.69 Å². The van der Waals surface area contributed by atoms with E-state index in [4.69, 9.17) is 0 Å². The summed E-state index contributed by atoms with van der Waals surface area (Å²) in [6.45, 7) is 10.1. The van der Waals surface area contributed by atoms with Gasteiger partial charge in [-0.05, 0) is 42.9 Å². The molecular weight excluding hydrogens is 304 g/mol. The molecular formula is C19H24N2O3. The van der Waals surface area contributed by atoms with Crippen LogP contribution in [0.1, 0.15) is 58.6 Å². The molecule has 1 fully saturated rings. The van der Waals surface area contributed by atoms with E-state index in [2.05, 4.69) is 32.2 Å². The van der Waals surface area contributed by atoms with Crippen LogP contribution in [-0.4, -0.2) is 23.8 Å². The lowest BCUT2D eigenvalue weighted by Gasteiger charge is -2.31. The number of benzene rings is 1. The zero-order valence-corrected chi connectivity index (χ0v) is 14.9. The van der Waals surface area contributed by atoms with Crippen molar-refractivity contribution in [2.24, 2.45) is 0 Å². The van der Waals surface area contributed by atoms with Gasteiger partial charge in [0.1, 0.15) is 6.04 Å². The Morgan fingerprint density at radius 1 is 1.17 bits per heavy atom. The van der Waals surface area contributed by atoms with Gasteiger partial charge in [-0.3, -0.25) is 24.6 Å². The maximum absolute atomic E-state index is 13.0. The first-order chi connectivity index (χ1) is 11.0. The molecule has 1 unspecified atom stereocenters. The molecule has 0 bridgehead atoms. The summed E-state index contributed by atoms with van der Waals surface area (Å²) in [5.41, 5.74) is 2.12. The highest BCUT2D eigenvalue weighted by molar-refractivity contribution is 6.13. The monoisotopic (exact) mass is 328 g/mol. The van der Waals surface area contributed by atoms with Crippen LogP contribution in [-0.2, 0) is 25.2 Å². The summed E-state index contributed by atoms with van der Waals surface area (Å²) in [5.74, 6) is -0.742. The molecule has 3 rings (SSSR count). The quantitative estimate of drug-likeness (QED) is 0.805. The molecule has 5 nitrogen and oxygen atoms in total. The second kappa shape index (κ2) is 5.16. The van der Waals surface area contributed by atoms with Crippen molar-refractivity contribution in [3.8, 4) is 0 Å². The van der Waals surface area contributed by atoms with Crippen LogP contribution in [0.5, 0.6) is 0 Å². The highest BCUT2D eigenvalue weighted by Crippen LogP contribution is 2.45. The van der Waals surface area contributed by atoms with Gasteiger partial charge in [0, 0.05) is 12.1 Å². The first kappa shape index (κ1) is 16.7. The zero-order chi connectivity index (χ0) is 17.9. The summed E-state index contributed by atoms with van der Waals surface area (Å²) in [7, 11) is 0. The van der Waals surface area contributed by atoms with Crippen molar-refractivity contribution in [1.82, 2.24) is 5.32 Å². The Bertz CT molecular complexity index is 743.